The Morgan fingerprint density at radius 3 is 2.48 bits per heavy atom. The Kier molecular flexibility index (Phi) is 5.31. The van der Waals surface area contributed by atoms with Gasteiger partial charge in [-0.15, -0.1) is 0 Å². The van der Waals surface area contributed by atoms with E-state index >= 15 is 0 Å². The van der Waals surface area contributed by atoms with Crippen molar-refractivity contribution in [2.75, 3.05) is 12.4 Å². The van der Waals surface area contributed by atoms with E-state index in [1.54, 1.807) is 19.2 Å². The van der Waals surface area contributed by atoms with Crippen molar-refractivity contribution in [1.29, 1.82) is 0 Å². The van der Waals surface area contributed by atoms with Crippen molar-refractivity contribution in [1.82, 2.24) is 4.57 Å². The fraction of sp³-hybridized carbons (Fsp3) is 0.273. The number of anilines is 1. The molecule has 0 saturated heterocycles. The van der Waals surface area contributed by atoms with Gasteiger partial charge in [0.2, 0.25) is 5.91 Å². The van der Waals surface area contributed by atoms with E-state index < -0.39 is 0 Å². The highest BCUT2D eigenvalue weighted by Gasteiger charge is 2.14. The maximum absolute atomic E-state index is 12.6. The molecular formula is C22H24N2O3. The quantitative estimate of drug-likeness (QED) is 0.742. The zero-order valence-electron chi connectivity index (χ0n) is 16.1. The molecule has 3 rings (SSSR count). The summed E-state index contributed by atoms with van der Waals surface area (Å²) in [5.41, 5.74) is 3.18. The van der Waals surface area contributed by atoms with Gasteiger partial charge in [-0.05, 0) is 42.2 Å². The first kappa shape index (κ1) is 18.7. The lowest BCUT2D eigenvalue weighted by Gasteiger charge is -2.15. The average molecular weight is 364 g/mol. The van der Waals surface area contributed by atoms with Crippen molar-refractivity contribution in [2.45, 2.75) is 33.2 Å². The van der Waals surface area contributed by atoms with Gasteiger partial charge in [-0.3, -0.25) is 14.2 Å². The summed E-state index contributed by atoms with van der Waals surface area (Å²) >= 11 is 0. The number of fused-ring (bicyclic) bond motifs is 1. The molecule has 5 nitrogen and oxygen atoms in total. The van der Waals surface area contributed by atoms with E-state index in [-0.39, 0.29) is 18.0 Å². The molecule has 0 bridgehead atoms. The van der Waals surface area contributed by atoms with Gasteiger partial charge in [-0.25, -0.2) is 0 Å². The number of amides is 1. The van der Waals surface area contributed by atoms with Crippen LogP contribution in [0.4, 0.5) is 5.69 Å². The smallest absolute Gasteiger partial charge is 0.251 e. The number of rotatable bonds is 5. The van der Waals surface area contributed by atoms with E-state index in [1.165, 1.54) is 10.1 Å². The van der Waals surface area contributed by atoms with Crippen LogP contribution >= 0.6 is 0 Å². The van der Waals surface area contributed by atoms with Gasteiger partial charge >= 0.3 is 0 Å². The number of nitrogens with zero attached hydrogens (tertiary/aromatic N) is 1. The lowest BCUT2D eigenvalue weighted by atomic mass is 10.0. The van der Waals surface area contributed by atoms with Crippen molar-refractivity contribution in [2.24, 2.45) is 0 Å². The Hall–Kier alpha value is -3.08. The molecule has 5 heteroatoms. The van der Waals surface area contributed by atoms with Gasteiger partial charge in [0.25, 0.3) is 5.56 Å². The molecule has 0 saturated carbocycles. The van der Waals surface area contributed by atoms with Gasteiger partial charge in [0.05, 0.1) is 12.6 Å². The number of nitrogens with one attached hydrogen (secondary N) is 1. The van der Waals surface area contributed by atoms with Gasteiger partial charge in [-0.2, -0.15) is 0 Å². The number of hydrogen-bond acceptors (Lipinski definition) is 3. The number of carbonyl (C=O) groups excluding carboxylic acids is 1. The lowest BCUT2D eigenvalue weighted by molar-refractivity contribution is -0.116. The largest absolute Gasteiger partial charge is 0.495 e. The van der Waals surface area contributed by atoms with Gasteiger partial charge in [-0.1, -0.05) is 38.1 Å². The number of benzene rings is 2. The summed E-state index contributed by atoms with van der Waals surface area (Å²) in [7, 11) is 1.56. The summed E-state index contributed by atoms with van der Waals surface area (Å²) in [5.74, 6) is 0.743. The number of hydrogen-bond donors (Lipinski definition) is 1. The zero-order chi connectivity index (χ0) is 19.6. The Morgan fingerprint density at radius 2 is 1.85 bits per heavy atom. The van der Waals surface area contributed by atoms with Crippen molar-refractivity contribution in [3.63, 3.8) is 0 Å². The molecule has 0 atom stereocenters. The second-order valence-corrected chi connectivity index (χ2v) is 6.93. The summed E-state index contributed by atoms with van der Waals surface area (Å²) in [6.07, 6.45) is 0. The molecule has 1 N–H and O–H groups in total. The SMILES string of the molecule is COc1cccc2c(C)cc(=O)n(CC(=O)Nc3ccc(C(C)C)cc3)c12. The fourth-order valence-electron chi connectivity index (χ4n) is 3.19. The van der Waals surface area contributed by atoms with Crippen LogP contribution in [0, 0.1) is 6.92 Å². The van der Waals surface area contributed by atoms with E-state index in [0.717, 1.165) is 10.9 Å². The van der Waals surface area contributed by atoms with Crippen molar-refractivity contribution >= 4 is 22.5 Å². The average Bonchev–Trinajstić information content (AvgIpc) is 2.65. The third-order valence-electron chi connectivity index (χ3n) is 4.68. The van der Waals surface area contributed by atoms with E-state index in [0.29, 0.717) is 22.9 Å². The Morgan fingerprint density at radius 1 is 1.15 bits per heavy atom. The second-order valence-electron chi connectivity index (χ2n) is 6.93. The highest BCUT2D eigenvalue weighted by molar-refractivity contribution is 5.93. The van der Waals surface area contributed by atoms with Crippen molar-refractivity contribution in [3.05, 3.63) is 70.0 Å². The number of aryl methyl sites for hydroxylation is 1. The van der Waals surface area contributed by atoms with Gasteiger partial charge in [0, 0.05) is 17.1 Å². The highest BCUT2D eigenvalue weighted by atomic mass is 16.5. The predicted molar refractivity (Wildman–Crippen MR) is 109 cm³/mol. The summed E-state index contributed by atoms with van der Waals surface area (Å²) in [4.78, 5) is 25.1. The highest BCUT2D eigenvalue weighted by Crippen LogP contribution is 2.26. The lowest BCUT2D eigenvalue weighted by Crippen LogP contribution is -2.28. The fourth-order valence-corrected chi connectivity index (χ4v) is 3.19. The molecule has 0 aliphatic rings. The molecular weight excluding hydrogens is 340 g/mol. The minimum absolute atomic E-state index is 0.0814. The summed E-state index contributed by atoms with van der Waals surface area (Å²) in [6, 6.07) is 14.9. The van der Waals surface area contributed by atoms with E-state index in [1.807, 2.05) is 43.3 Å². The molecule has 1 aromatic heterocycles. The molecule has 3 aromatic rings. The van der Waals surface area contributed by atoms with Crippen LogP contribution in [0.1, 0.15) is 30.9 Å². The first-order chi connectivity index (χ1) is 12.9. The monoisotopic (exact) mass is 364 g/mol. The normalized spacial score (nSPS) is 11.0. The zero-order valence-corrected chi connectivity index (χ0v) is 16.1. The molecule has 27 heavy (non-hydrogen) atoms. The number of ether oxygens (including phenoxy) is 1. The maximum atomic E-state index is 12.6. The van der Waals surface area contributed by atoms with Crippen molar-refractivity contribution in [3.8, 4) is 5.75 Å². The van der Waals surface area contributed by atoms with Gasteiger partial charge < -0.3 is 10.1 Å². The number of methoxy groups -OCH3 is 1. The van der Waals surface area contributed by atoms with Gasteiger partial charge in [0.15, 0.2) is 0 Å². The molecule has 0 unspecified atom stereocenters. The Balaban J connectivity index is 1.92. The molecule has 0 aliphatic carbocycles. The van der Waals surface area contributed by atoms with Crippen LogP contribution in [-0.4, -0.2) is 17.6 Å². The summed E-state index contributed by atoms with van der Waals surface area (Å²) in [6.45, 7) is 6.04. The summed E-state index contributed by atoms with van der Waals surface area (Å²) < 4.78 is 6.88. The van der Waals surface area contributed by atoms with E-state index in [2.05, 4.69) is 19.2 Å². The predicted octanol–water partition coefficient (Wildman–Crippen LogP) is 4.08. The second kappa shape index (κ2) is 7.66. The van der Waals surface area contributed by atoms with Crippen LogP contribution in [0.5, 0.6) is 5.75 Å². The van der Waals surface area contributed by atoms with Crippen LogP contribution < -0.4 is 15.6 Å². The summed E-state index contributed by atoms with van der Waals surface area (Å²) in [5, 5.41) is 3.75. The Labute approximate surface area is 158 Å². The standard InChI is InChI=1S/C22H24N2O3/c1-14(2)16-8-10-17(11-9-16)23-20(25)13-24-21(26)12-15(3)18-6-5-7-19(27-4)22(18)24/h5-12,14H,13H2,1-4H3,(H,23,25). The first-order valence-corrected chi connectivity index (χ1v) is 8.97. The molecule has 0 fully saturated rings. The Bertz CT molecular complexity index is 1030. The van der Waals surface area contributed by atoms with Crippen molar-refractivity contribution < 1.29 is 9.53 Å². The van der Waals surface area contributed by atoms with E-state index in [9.17, 15) is 9.59 Å². The minimum atomic E-state index is -0.259. The van der Waals surface area contributed by atoms with Crippen LogP contribution in [0.2, 0.25) is 0 Å². The third-order valence-corrected chi connectivity index (χ3v) is 4.68. The van der Waals surface area contributed by atoms with Crippen LogP contribution in [-0.2, 0) is 11.3 Å². The van der Waals surface area contributed by atoms with Crippen LogP contribution in [0.15, 0.2) is 53.3 Å². The molecule has 0 radical (unpaired) electrons. The molecule has 0 spiro atoms. The van der Waals surface area contributed by atoms with Gasteiger partial charge in [0.1, 0.15) is 12.3 Å². The van der Waals surface area contributed by atoms with E-state index in [4.69, 9.17) is 4.74 Å². The molecule has 1 amide bonds. The maximum Gasteiger partial charge on any atom is 0.251 e. The number of pyridine rings is 1. The minimum Gasteiger partial charge on any atom is -0.495 e. The molecule has 1 heterocycles. The molecule has 0 aliphatic heterocycles. The number of carbonyl (C=O) groups is 1. The molecule has 140 valence electrons. The number of para-hydroxylation sites is 1. The first-order valence-electron chi connectivity index (χ1n) is 8.97. The van der Waals surface area contributed by atoms with Crippen LogP contribution in [0.3, 0.4) is 0 Å². The van der Waals surface area contributed by atoms with Crippen LogP contribution in [0.25, 0.3) is 10.9 Å². The third kappa shape index (κ3) is 3.87. The number of aromatic nitrogens is 1. The molecule has 2 aromatic carbocycles. The topological polar surface area (TPSA) is 60.3 Å².